The van der Waals surface area contributed by atoms with Gasteiger partial charge in [-0.05, 0) is 40.9 Å². The molecule has 0 unspecified atom stereocenters. The first-order valence-electron chi connectivity index (χ1n) is 6.03. The average Bonchev–Trinajstić information content (AvgIpc) is 3.10. The fraction of sp³-hybridized carbons (Fsp3) is 0.231. The Morgan fingerprint density at radius 2 is 2.00 bits per heavy atom. The lowest BCUT2D eigenvalue weighted by molar-refractivity contribution is 0.889. The molecular weight excluding hydrogens is 346 g/mol. The van der Waals surface area contributed by atoms with Gasteiger partial charge in [0.15, 0.2) is 0 Å². The fourth-order valence-electron chi connectivity index (χ4n) is 2.03. The Labute approximate surface area is 127 Å². The Hall–Kier alpha value is -0.910. The Balaban J connectivity index is 1.84. The van der Waals surface area contributed by atoms with Crippen LogP contribution in [0.15, 0.2) is 28.9 Å². The van der Waals surface area contributed by atoms with Crippen LogP contribution in [0.2, 0.25) is 5.02 Å². The summed E-state index contributed by atoms with van der Waals surface area (Å²) in [5, 5.41) is 6.57. The topological polar surface area (TPSA) is 30.2 Å². The van der Waals surface area contributed by atoms with Crippen molar-refractivity contribution in [2.24, 2.45) is 0 Å². The van der Waals surface area contributed by atoms with Crippen molar-refractivity contribution in [3.05, 3.63) is 38.9 Å². The van der Waals surface area contributed by atoms with E-state index in [4.69, 9.17) is 11.6 Å². The van der Waals surface area contributed by atoms with Crippen molar-refractivity contribution in [3.8, 4) is 11.3 Å². The van der Waals surface area contributed by atoms with E-state index in [2.05, 4.69) is 26.0 Å². The largest absolute Gasteiger partial charge is 0.216 e. The summed E-state index contributed by atoms with van der Waals surface area (Å²) in [4.78, 5) is 5.62. The molecule has 3 nitrogen and oxygen atoms in total. The Morgan fingerprint density at radius 3 is 2.63 bits per heavy atom. The lowest BCUT2D eigenvalue weighted by atomic mass is 10.2. The number of halogens is 2. The van der Waals surface area contributed by atoms with Gasteiger partial charge in [0.1, 0.15) is 15.3 Å². The number of aromatic nitrogens is 3. The van der Waals surface area contributed by atoms with E-state index in [0.29, 0.717) is 5.92 Å². The molecule has 0 bridgehead atoms. The van der Waals surface area contributed by atoms with E-state index in [1.807, 2.05) is 28.8 Å². The highest BCUT2D eigenvalue weighted by molar-refractivity contribution is 9.10. The Bertz CT molecular complexity index is 758. The molecule has 19 heavy (non-hydrogen) atoms. The highest BCUT2D eigenvalue weighted by Gasteiger charge is 2.28. The zero-order valence-corrected chi connectivity index (χ0v) is 13.0. The standard InChI is InChI=1S/C13H9BrClN3S/c14-11-10(7-3-5-9(15)6-4-7)16-13-18(11)17-12(19-13)8-1-2-8/h3-6,8H,1-2H2. The molecule has 0 aliphatic heterocycles. The van der Waals surface area contributed by atoms with E-state index < -0.39 is 0 Å². The summed E-state index contributed by atoms with van der Waals surface area (Å²) < 4.78 is 2.80. The number of imidazole rings is 1. The number of nitrogens with zero attached hydrogens (tertiary/aromatic N) is 3. The van der Waals surface area contributed by atoms with Crippen LogP contribution in [0.3, 0.4) is 0 Å². The van der Waals surface area contributed by atoms with Crippen molar-refractivity contribution < 1.29 is 0 Å². The fourth-order valence-corrected chi connectivity index (χ4v) is 3.90. The molecule has 0 saturated heterocycles. The maximum Gasteiger partial charge on any atom is 0.213 e. The number of rotatable bonds is 2. The van der Waals surface area contributed by atoms with Crippen molar-refractivity contribution in [2.75, 3.05) is 0 Å². The molecule has 2 heterocycles. The predicted octanol–water partition coefficient (Wildman–Crippen LogP) is 4.75. The molecule has 1 aromatic carbocycles. The zero-order chi connectivity index (χ0) is 13.0. The van der Waals surface area contributed by atoms with Gasteiger partial charge in [-0.3, -0.25) is 0 Å². The van der Waals surface area contributed by atoms with Crippen LogP contribution in [-0.4, -0.2) is 14.6 Å². The molecule has 6 heteroatoms. The van der Waals surface area contributed by atoms with Crippen LogP contribution in [0.5, 0.6) is 0 Å². The van der Waals surface area contributed by atoms with Gasteiger partial charge in [0, 0.05) is 16.5 Å². The van der Waals surface area contributed by atoms with Gasteiger partial charge < -0.3 is 0 Å². The van der Waals surface area contributed by atoms with Crippen LogP contribution < -0.4 is 0 Å². The summed E-state index contributed by atoms with van der Waals surface area (Å²) in [7, 11) is 0. The lowest BCUT2D eigenvalue weighted by Crippen LogP contribution is -1.87. The molecule has 1 saturated carbocycles. The summed E-state index contributed by atoms with van der Waals surface area (Å²) in [6, 6.07) is 7.70. The van der Waals surface area contributed by atoms with Gasteiger partial charge in [0.25, 0.3) is 0 Å². The third-order valence-electron chi connectivity index (χ3n) is 3.21. The third-order valence-corrected chi connectivity index (χ3v) is 5.24. The van der Waals surface area contributed by atoms with Crippen molar-refractivity contribution in [1.82, 2.24) is 14.6 Å². The first-order chi connectivity index (χ1) is 9.22. The van der Waals surface area contributed by atoms with Crippen LogP contribution in [0.4, 0.5) is 0 Å². The minimum Gasteiger partial charge on any atom is -0.216 e. The molecule has 0 amide bonds. The normalized spacial score (nSPS) is 15.3. The van der Waals surface area contributed by atoms with Crippen LogP contribution in [-0.2, 0) is 0 Å². The average molecular weight is 355 g/mol. The van der Waals surface area contributed by atoms with E-state index in [0.717, 1.165) is 25.8 Å². The first-order valence-corrected chi connectivity index (χ1v) is 8.02. The summed E-state index contributed by atoms with van der Waals surface area (Å²) >= 11 is 11.2. The summed E-state index contributed by atoms with van der Waals surface area (Å²) in [6.45, 7) is 0. The van der Waals surface area contributed by atoms with Crippen molar-refractivity contribution in [1.29, 1.82) is 0 Å². The molecule has 4 rings (SSSR count). The number of hydrogen-bond donors (Lipinski definition) is 0. The van der Waals surface area contributed by atoms with E-state index in [9.17, 15) is 0 Å². The maximum absolute atomic E-state index is 5.91. The molecule has 0 spiro atoms. The number of fused-ring (bicyclic) bond motifs is 1. The molecule has 1 aliphatic carbocycles. The molecule has 2 aromatic heterocycles. The maximum atomic E-state index is 5.91. The Kier molecular flexibility index (Phi) is 2.69. The SMILES string of the molecule is Clc1ccc(-c2nc3sc(C4CC4)nn3c2Br)cc1. The summed E-state index contributed by atoms with van der Waals surface area (Å²) in [5.41, 5.74) is 1.96. The second-order valence-corrected chi connectivity index (χ2v) is 6.84. The minimum atomic E-state index is 0.664. The quantitative estimate of drug-likeness (QED) is 0.664. The minimum absolute atomic E-state index is 0.664. The summed E-state index contributed by atoms with van der Waals surface area (Å²) in [6.07, 6.45) is 2.52. The molecule has 1 fully saturated rings. The van der Waals surface area contributed by atoms with Gasteiger partial charge in [-0.2, -0.15) is 9.61 Å². The highest BCUT2D eigenvalue weighted by atomic mass is 79.9. The molecule has 0 radical (unpaired) electrons. The second-order valence-electron chi connectivity index (χ2n) is 4.67. The summed E-state index contributed by atoms with van der Waals surface area (Å²) in [5.74, 6) is 0.664. The molecule has 0 atom stereocenters. The monoisotopic (exact) mass is 353 g/mol. The molecule has 0 N–H and O–H groups in total. The van der Waals surface area contributed by atoms with Gasteiger partial charge in [0.05, 0.1) is 0 Å². The highest BCUT2D eigenvalue weighted by Crippen LogP contribution is 2.43. The lowest BCUT2D eigenvalue weighted by Gasteiger charge is -1.98. The van der Waals surface area contributed by atoms with Gasteiger partial charge >= 0.3 is 0 Å². The Morgan fingerprint density at radius 1 is 1.26 bits per heavy atom. The predicted molar refractivity (Wildman–Crippen MR) is 81.0 cm³/mol. The van der Waals surface area contributed by atoms with Crippen LogP contribution in [0.1, 0.15) is 23.8 Å². The van der Waals surface area contributed by atoms with Gasteiger partial charge in [-0.15, -0.1) is 0 Å². The molecule has 1 aliphatic rings. The molecule has 96 valence electrons. The third kappa shape index (κ3) is 2.00. The van der Waals surface area contributed by atoms with Gasteiger partial charge in [0.2, 0.25) is 4.96 Å². The van der Waals surface area contributed by atoms with E-state index in [1.54, 1.807) is 11.3 Å². The van der Waals surface area contributed by atoms with Crippen LogP contribution in [0.25, 0.3) is 16.2 Å². The molecule has 3 aromatic rings. The van der Waals surface area contributed by atoms with Crippen molar-refractivity contribution in [3.63, 3.8) is 0 Å². The first kappa shape index (κ1) is 11.9. The van der Waals surface area contributed by atoms with E-state index >= 15 is 0 Å². The van der Waals surface area contributed by atoms with Crippen molar-refractivity contribution in [2.45, 2.75) is 18.8 Å². The van der Waals surface area contributed by atoms with Crippen LogP contribution >= 0.6 is 38.9 Å². The number of hydrogen-bond acceptors (Lipinski definition) is 3. The van der Waals surface area contributed by atoms with E-state index in [1.165, 1.54) is 17.8 Å². The van der Waals surface area contributed by atoms with Gasteiger partial charge in [-0.25, -0.2) is 4.98 Å². The smallest absolute Gasteiger partial charge is 0.213 e. The second kappa shape index (κ2) is 4.30. The van der Waals surface area contributed by atoms with Gasteiger partial charge in [-0.1, -0.05) is 35.1 Å². The number of benzene rings is 1. The molecular formula is C13H9BrClN3S. The van der Waals surface area contributed by atoms with Crippen LogP contribution in [0, 0.1) is 0 Å². The van der Waals surface area contributed by atoms with E-state index in [-0.39, 0.29) is 0 Å². The van der Waals surface area contributed by atoms with Crippen molar-refractivity contribution >= 4 is 43.8 Å². The zero-order valence-electron chi connectivity index (χ0n) is 9.81.